The molecule has 52 heavy (non-hydrogen) atoms. The lowest BCUT2D eigenvalue weighted by molar-refractivity contribution is 0.477. The first-order valence-electron chi connectivity index (χ1n) is 17.7. The molecule has 0 saturated heterocycles. The molecule has 6 heteroatoms. The third-order valence-corrected chi connectivity index (χ3v) is 10.7. The van der Waals surface area contributed by atoms with Crippen LogP contribution in [0.3, 0.4) is 0 Å². The van der Waals surface area contributed by atoms with Gasteiger partial charge in [0.15, 0.2) is 11.5 Å². The van der Waals surface area contributed by atoms with Gasteiger partial charge < -0.3 is 18.5 Å². The van der Waals surface area contributed by atoms with Crippen molar-refractivity contribution < 1.29 is 13.6 Å². The van der Waals surface area contributed by atoms with Gasteiger partial charge in [0.2, 0.25) is 0 Å². The van der Waals surface area contributed by atoms with E-state index in [1.165, 1.54) is 22.1 Å². The van der Waals surface area contributed by atoms with E-state index in [1.54, 1.807) is 0 Å². The Bertz CT molecular complexity index is 2740. The van der Waals surface area contributed by atoms with Crippen LogP contribution in [0.4, 0.5) is 17.1 Å². The van der Waals surface area contributed by atoms with Gasteiger partial charge in [-0.05, 0) is 70.6 Å². The maximum absolute atomic E-state index is 6.95. The van der Waals surface area contributed by atoms with E-state index < -0.39 is 0 Å². The molecule has 0 atom stereocenters. The first-order valence-corrected chi connectivity index (χ1v) is 17.7. The van der Waals surface area contributed by atoms with Crippen LogP contribution in [0, 0.1) is 0 Å². The van der Waals surface area contributed by atoms with Crippen molar-refractivity contribution in [3.8, 4) is 22.6 Å². The maximum atomic E-state index is 6.95. The summed E-state index contributed by atoms with van der Waals surface area (Å²) in [5.74, 6) is 1.67. The van der Waals surface area contributed by atoms with Gasteiger partial charge in [-0.25, -0.2) is 0 Å². The van der Waals surface area contributed by atoms with E-state index in [1.807, 2.05) is 24.3 Å². The average molecular weight is 665 g/mol. The molecule has 0 N–H and O–H groups in total. The molecule has 0 bridgehead atoms. The fourth-order valence-electron chi connectivity index (χ4n) is 8.39. The zero-order valence-corrected chi connectivity index (χ0v) is 28.1. The van der Waals surface area contributed by atoms with E-state index in [0.29, 0.717) is 0 Å². The third kappa shape index (κ3) is 4.37. The number of hydrogen-bond acceptors (Lipinski definition) is 4. The molecule has 2 aliphatic rings. The summed E-state index contributed by atoms with van der Waals surface area (Å²) in [5, 5.41) is 2.23. The van der Waals surface area contributed by atoms with Crippen LogP contribution in [0.2, 0.25) is 0 Å². The summed E-state index contributed by atoms with van der Waals surface area (Å²) in [5.41, 5.74) is 13.8. The van der Waals surface area contributed by atoms with E-state index in [9.17, 15) is 0 Å². The summed E-state index contributed by atoms with van der Waals surface area (Å²) in [4.78, 5) is 2.28. The fourth-order valence-corrected chi connectivity index (χ4v) is 8.39. The van der Waals surface area contributed by atoms with Crippen LogP contribution in [0.15, 0.2) is 185 Å². The van der Waals surface area contributed by atoms with Gasteiger partial charge in [0, 0.05) is 16.5 Å². The Hall–Kier alpha value is -6.65. The number of fused-ring (bicyclic) bond motifs is 8. The van der Waals surface area contributed by atoms with Gasteiger partial charge >= 0.3 is 0 Å². The molecule has 0 saturated carbocycles. The summed E-state index contributed by atoms with van der Waals surface area (Å²) in [7, 11) is 0. The number of para-hydroxylation sites is 6. The van der Waals surface area contributed by atoms with Crippen molar-refractivity contribution in [2.24, 2.45) is 0 Å². The summed E-state index contributed by atoms with van der Waals surface area (Å²) < 4.78 is 20.2. The molecule has 7 aromatic carbocycles. The topological polar surface area (TPSA) is 38.8 Å². The molecule has 0 radical (unpaired) electrons. The van der Waals surface area contributed by atoms with Crippen LogP contribution in [0.1, 0.15) is 0 Å². The molecule has 4 heterocycles. The Kier molecular flexibility index (Phi) is 6.41. The first-order chi connectivity index (χ1) is 25.8. The molecule has 4 nitrogen and oxygen atoms in total. The van der Waals surface area contributed by atoms with E-state index in [4.69, 9.17) is 13.6 Å². The lowest BCUT2D eigenvalue weighted by Gasteiger charge is -2.33. The minimum Gasteiger partial charge on any atom is -0.471 e. The molecule has 0 unspecified atom stereocenters. The predicted octanol–water partition coefficient (Wildman–Crippen LogP) is 7.77. The molecular formula is C46H29B2NO3. The second-order valence-electron chi connectivity index (χ2n) is 13.6. The van der Waals surface area contributed by atoms with Crippen LogP contribution in [-0.4, -0.2) is 13.4 Å². The summed E-state index contributed by atoms with van der Waals surface area (Å²) in [6.07, 6.45) is 0. The van der Waals surface area contributed by atoms with E-state index in [-0.39, 0.29) is 13.4 Å². The van der Waals surface area contributed by atoms with Crippen LogP contribution < -0.4 is 42.8 Å². The Morgan fingerprint density at radius 3 is 1.38 bits per heavy atom. The highest BCUT2D eigenvalue weighted by Crippen LogP contribution is 2.49. The Morgan fingerprint density at radius 2 is 0.827 bits per heavy atom. The SMILES string of the molecule is c1ccc(-c2ccc(B3c4oc5ccccc5c4B(c4ccc(N5c6ccccc6Oc6ccccc65)cc4)c4oc5ccccc5c43)cc2)cc1. The fraction of sp³-hybridized carbons (Fsp3) is 0. The largest absolute Gasteiger partial charge is 0.471 e. The van der Waals surface area contributed by atoms with Crippen molar-refractivity contribution in [2.45, 2.75) is 0 Å². The van der Waals surface area contributed by atoms with Gasteiger partial charge in [-0.3, -0.25) is 0 Å². The van der Waals surface area contributed by atoms with E-state index in [0.717, 1.165) is 72.7 Å². The maximum Gasteiger partial charge on any atom is 0.290 e. The van der Waals surface area contributed by atoms with Crippen LogP contribution in [0.25, 0.3) is 33.1 Å². The second kappa shape index (κ2) is 11.4. The smallest absolute Gasteiger partial charge is 0.290 e. The summed E-state index contributed by atoms with van der Waals surface area (Å²) >= 11 is 0. The van der Waals surface area contributed by atoms with Crippen LogP contribution in [0.5, 0.6) is 11.5 Å². The van der Waals surface area contributed by atoms with Crippen LogP contribution >= 0.6 is 0 Å². The molecular weight excluding hydrogens is 636 g/mol. The summed E-state index contributed by atoms with van der Waals surface area (Å²) in [6.45, 7) is -0.304. The van der Waals surface area contributed by atoms with Crippen molar-refractivity contribution in [3.63, 3.8) is 0 Å². The number of hydrogen-bond donors (Lipinski definition) is 0. The highest BCUT2D eigenvalue weighted by Gasteiger charge is 2.46. The lowest BCUT2D eigenvalue weighted by atomic mass is 9.24. The average Bonchev–Trinajstić information content (AvgIpc) is 3.79. The molecule has 0 amide bonds. The molecule has 2 aliphatic heterocycles. The van der Waals surface area contributed by atoms with Crippen molar-refractivity contribution >= 4 is 85.6 Å². The standard InChI is InChI=1S/C46H29B2NO3/c1-2-12-30(13-3-1)31-22-24-32(25-23-31)47-43-35-14-4-8-18-39(35)52-46(43)48(44-36-15-5-9-19-40(36)51-45(44)47)33-26-28-34(29-27-33)49-37-16-6-10-20-41(37)50-42-21-11-7-17-38(42)49/h1-29H. The number of nitrogens with zero attached hydrogens (tertiary/aromatic N) is 1. The van der Waals surface area contributed by atoms with Crippen molar-refractivity contribution in [3.05, 3.63) is 176 Å². The number of rotatable bonds is 4. The van der Waals surface area contributed by atoms with Gasteiger partial charge in [0.25, 0.3) is 13.4 Å². The minimum atomic E-state index is -0.167. The molecule has 0 spiro atoms. The zero-order chi connectivity index (χ0) is 34.2. The highest BCUT2D eigenvalue weighted by atomic mass is 16.5. The predicted molar refractivity (Wildman–Crippen MR) is 215 cm³/mol. The van der Waals surface area contributed by atoms with Gasteiger partial charge in [0.05, 0.1) is 22.7 Å². The quantitative estimate of drug-likeness (QED) is 0.180. The number of furan rings is 2. The van der Waals surface area contributed by atoms with Crippen LogP contribution in [-0.2, 0) is 0 Å². The Labute approximate surface area is 301 Å². The number of benzene rings is 7. The van der Waals surface area contributed by atoms with E-state index >= 15 is 0 Å². The highest BCUT2D eigenvalue weighted by molar-refractivity contribution is 7.12. The molecule has 0 fully saturated rings. The Morgan fingerprint density at radius 1 is 0.385 bits per heavy atom. The number of anilines is 3. The normalized spacial score (nSPS) is 13.0. The lowest BCUT2D eigenvalue weighted by Crippen LogP contribution is -2.73. The van der Waals surface area contributed by atoms with E-state index in [2.05, 4.69) is 157 Å². The first kappa shape index (κ1) is 29.1. The third-order valence-electron chi connectivity index (χ3n) is 10.7. The van der Waals surface area contributed by atoms with Gasteiger partial charge in [-0.15, -0.1) is 0 Å². The van der Waals surface area contributed by atoms with Gasteiger partial charge in [0.1, 0.15) is 11.2 Å². The van der Waals surface area contributed by atoms with Gasteiger partial charge in [-0.2, -0.15) is 0 Å². The molecule has 9 aromatic rings. The van der Waals surface area contributed by atoms with Gasteiger partial charge in [-0.1, -0.05) is 138 Å². The zero-order valence-electron chi connectivity index (χ0n) is 28.1. The second-order valence-corrected chi connectivity index (χ2v) is 13.6. The Balaban J connectivity index is 1.09. The molecule has 11 rings (SSSR count). The monoisotopic (exact) mass is 665 g/mol. The molecule has 0 aliphatic carbocycles. The summed E-state index contributed by atoms with van der Waals surface area (Å²) in [6, 6.07) is 61.6. The van der Waals surface area contributed by atoms with Crippen molar-refractivity contribution in [1.82, 2.24) is 0 Å². The van der Waals surface area contributed by atoms with Crippen molar-refractivity contribution in [1.29, 1.82) is 0 Å². The number of ether oxygens (including phenoxy) is 1. The minimum absolute atomic E-state index is 0.136. The molecule has 2 aromatic heterocycles. The molecule has 242 valence electrons. The van der Waals surface area contributed by atoms with Crippen molar-refractivity contribution in [2.75, 3.05) is 4.90 Å².